The molecule has 33 heavy (non-hydrogen) atoms. The van der Waals surface area contributed by atoms with E-state index in [9.17, 15) is 9.59 Å². The zero-order valence-corrected chi connectivity index (χ0v) is 20.1. The Kier molecular flexibility index (Phi) is 6.03. The quantitative estimate of drug-likeness (QED) is 0.556. The van der Waals surface area contributed by atoms with Crippen LogP contribution in [-0.4, -0.2) is 43.0 Å². The number of benzene rings is 2. The van der Waals surface area contributed by atoms with Crippen molar-refractivity contribution in [2.24, 2.45) is 0 Å². The standard InChI is InChI=1S/C25H26ClN3O4/c1-14(2)33-23-9-8-18(10-19(23)26)24(30)28-20-11-17-7-6-16(21-13-32-15(3)27-21)12-22(17)29(4,5)25(20)31/h6-10,12-14,20H,11H2,1-5H3/p+1. The van der Waals surface area contributed by atoms with Crippen molar-refractivity contribution in [1.29, 1.82) is 0 Å². The minimum absolute atomic E-state index is 0.00682. The predicted molar refractivity (Wildman–Crippen MR) is 127 cm³/mol. The van der Waals surface area contributed by atoms with Crippen molar-refractivity contribution in [1.82, 2.24) is 14.8 Å². The van der Waals surface area contributed by atoms with Crippen LogP contribution in [0.2, 0.25) is 5.02 Å². The number of likely N-dealkylation sites (N-methyl/N-ethyl adjacent to an activating group) is 1. The van der Waals surface area contributed by atoms with E-state index in [1.807, 2.05) is 46.1 Å². The number of carbonyl (C=O) groups is 2. The van der Waals surface area contributed by atoms with E-state index in [4.69, 9.17) is 20.8 Å². The Morgan fingerprint density at radius 3 is 2.64 bits per heavy atom. The fourth-order valence-corrected chi connectivity index (χ4v) is 4.30. The van der Waals surface area contributed by atoms with Crippen molar-refractivity contribution >= 4 is 29.1 Å². The number of fused-ring (bicyclic) bond motifs is 1. The summed E-state index contributed by atoms with van der Waals surface area (Å²) in [5.41, 5.74) is 3.84. The van der Waals surface area contributed by atoms with Crippen molar-refractivity contribution < 1.29 is 18.7 Å². The molecule has 172 valence electrons. The number of aromatic nitrogens is 1. The molecule has 0 saturated carbocycles. The van der Waals surface area contributed by atoms with Crippen LogP contribution in [0.3, 0.4) is 0 Å². The molecule has 1 unspecified atom stereocenters. The number of amides is 2. The number of carbonyl (C=O) groups excluding carboxylic acids is 2. The Bertz CT molecular complexity index is 1230. The molecular formula is C25H27ClN3O4+. The average molecular weight is 469 g/mol. The fourth-order valence-electron chi connectivity index (χ4n) is 4.07. The maximum atomic E-state index is 13.3. The van der Waals surface area contributed by atoms with E-state index in [-0.39, 0.29) is 22.4 Å². The fraction of sp³-hybridized carbons (Fsp3) is 0.320. The van der Waals surface area contributed by atoms with E-state index in [1.54, 1.807) is 31.4 Å². The summed E-state index contributed by atoms with van der Waals surface area (Å²) in [6.45, 7) is 5.59. The van der Waals surface area contributed by atoms with Gasteiger partial charge in [0.1, 0.15) is 29.4 Å². The van der Waals surface area contributed by atoms with E-state index >= 15 is 0 Å². The summed E-state index contributed by atoms with van der Waals surface area (Å²) in [5, 5.41) is 3.24. The first-order chi connectivity index (χ1) is 15.6. The molecule has 2 aromatic carbocycles. The maximum Gasteiger partial charge on any atom is 0.341 e. The lowest BCUT2D eigenvalue weighted by molar-refractivity contribution is -0.130. The van der Waals surface area contributed by atoms with E-state index < -0.39 is 6.04 Å². The van der Waals surface area contributed by atoms with Gasteiger partial charge < -0.3 is 14.5 Å². The number of ether oxygens (including phenoxy) is 1. The highest BCUT2D eigenvalue weighted by Gasteiger charge is 2.44. The van der Waals surface area contributed by atoms with Crippen molar-refractivity contribution in [2.45, 2.75) is 39.3 Å². The number of hydrogen-bond acceptors (Lipinski definition) is 5. The molecule has 1 aromatic heterocycles. The highest BCUT2D eigenvalue weighted by Crippen LogP contribution is 2.35. The second kappa shape index (κ2) is 8.65. The molecule has 0 bridgehead atoms. The van der Waals surface area contributed by atoms with Crippen molar-refractivity contribution in [3.8, 4) is 17.0 Å². The Morgan fingerprint density at radius 1 is 1.24 bits per heavy atom. The normalized spacial score (nSPS) is 17.1. The molecule has 8 heteroatoms. The first-order valence-electron chi connectivity index (χ1n) is 10.8. The monoisotopic (exact) mass is 468 g/mol. The van der Waals surface area contributed by atoms with Crippen molar-refractivity contribution in [3.05, 3.63) is 64.7 Å². The van der Waals surface area contributed by atoms with E-state index in [2.05, 4.69) is 10.3 Å². The van der Waals surface area contributed by atoms with Gasteiger partial charge in [-0.25, -0.2) is 14.3 Å². The lowest BCUT2D eigenvalue weighted by Gasteiger charge is -2.36. The molecule has 7 nitrogen and oxygen atoms in total. The summed E-state index contributed by atoms with van der Waals surface area (Å²) in [5.74, 6) is 0.640. The predicted octanol–water partition coefficient (Wildman–Crippen LogP) is 4.54. The number of aryl methyl sites for hydroxylation is 1. The summed E-state index contributed by atoms with van der Waals surface area (Å²) in [6.07, 6.45) is 1.98. The van der Waals surface area contributed by atoms with Gasteiger partial charge in [-0.3, -0.25) is 4.79 Å². The third kappa shape index (κ3) is 4.51. The van der Waals surface area contributed by atoms with Crippen molar-refractivity contribution in [3.63, 3.8) is 0 Å². The van der Waals surface area contributed by atoms with Gasteiger partial charge in [0.2, 0.25) is 0 Å². The lowest BCUT2D eigenvalue weighted by Crippen LogP contribution is -2.60. The molecule has 2 amide bonds. The van der Waals surface area contributed by atoms with Gasteiger partial charge in [0.05, 0.1) is 25.2 Å². The smallest absolute Gasteiger partial charge is 0.341 e. The van der Waals surface area contributed by atoms with Gasteiger partial charge in [-0.05, 0) is 32.0 Å². The summed E-state index contributed by atoms with van der Waals surface area (Å²) in [7, 11) is 3.65. The molecule has 0 fully saturated rings. The van der Waals surface area contributed by atoms with Gasteiger partial charge in [-0.2, -0.15) is 0 Å². The second-order valence-electron chi connectivity index (χ2n) is 8.93. The van der Waals surface area contributed by atoms with Crippen LogP contribution in [0.25, 0.3) is 11.3 Å². The Hall–Kier alpha value is -3.16. The molecule has 0 radical (unpaired) electrons. The number of hydrogen-bond donors (Lipinski definition) is 1. The van der Waals surface area contributed by atoms with Crippen molar-refractivity contribution in [2.75, 3.05) is 14.1 Å². The number of quaternary nitrogens is 1. The van der Waals surface area contributed by atoms with Crippen LogP contribution in [0.1, 0.15) is 35.7 Å². The van der Waals surface area contributed by atoms with Crippen LogP contribution in [-0.2, 0) is 11.2 Å². The van der Waals surface area contributed by atoms with E-state index in [0.29, 0.717) is 28.6 Å². The van der Waals surface area contributed by atoms with Gasteiger partial charge >= 0.3 is 5.91 Å². The first kappa shape index (κ1) is 23.0. The molecular weight excluding hydrogens is 442 g/mol. The first-order valence-corrected chi connectivity index (χ1v) is 11.2. The number of nitrogens with zero attached hydrogens (tertiary/aromatic N) is 2. The third-order valence-corrected chi connectivity index (χ3v) is 6.03. The highest BCUT2D eigenvalue weighted by atomic mass is 35.5. The minimum Gasteiger partial charge on any atom is -0.489 e. The number of rotatable bonds is 5. The average Bonchev–Trinajstić information content (AvgIpc) is 3.19. The molecule has 1 aliphatic heterocycles. The van der Waals surface area contributed by atoms with Crippen LogP contribution in [0.5, 0.6) is 5.75 Å². The van der Waals surface area contributed by atoms with E-state index in [0.717, 1.165) is 22.5 Å². The number of halogens is 1. The van der Waals surface area contributed by atoms with Gasteiger partial charge in [0.25, 0.3) is 5.91 Å². The van der Waals surface area contributed by atoms with Gasteiger partial charge in [-0.15, -0.1) is 0 Å². The van der Waals surface area contributed by atoms with Gasteiger partial charge in [0.15, 0.2) is 5.89 Å². The topological polar surface area (TPSA) is 81.4 Å². The van der Waals surface area contributed by atoms with Crippen LogP contribution < -0.4 is 14.5 Å². The lowest BCUT2D eigenvalue weighted by atomic mass is 9.93. The Morgan fingerprint density at radius 2 is 2.00 bits per heavy atom. The maximum absolute atomic E-state index is 13.3. The molecule has 0 spiro atoms. The largest absolute Gasteiger partial charge is 0.489 e. The van der Waals surface area contributed by atoms with E-state index in [1.165, 1.54) is 0 Å². The number of nitrogens with one attached hydrogen (secondary N) is 1. The Balaban J connectivity index is 1.57. The molecule has 1 atom stereocenters. The summed E-state index contributed by atoms with van der Waals surface area (Å²) >= 11 is 6.28. The van der Waals surface area contributed by atoms with Crippen LogP contribution in [0, 0.1) is 6.92 Å². The zero-order valence-electron chi connectivity index (χ0n) is 19.3. The summed E-state index contributed by atoms with van der Waals surface area (Å²) < 4.78 is 11.0. The molecule has 0 saturated heterocycles. The van der Waals surface area contributed by atoms with Crippen LogP contribution in [0.15, 0.2) is 47.1 Å². The van der Waals surface area contributed by atoms with Crippen LogP contribution >= 0.6 is 11.6 Å². The molecule has 3 aromatic rings. The van der Waals surface area contributed by atoms with Gasteiger partial charge in [-0.1, -0.05) is 23.7 Å². The molecule has 0 aliphatic carbocycles. The zero-order chi connectivity index (χ0) is 23.9. The van der Waals surface area contributed by atoms with Gasteiger partial charge in [0, 0.05) is 36.1 Å². The molecule has 1 aliphatic rings. The summed E-state index contributed by atoms with van der Waals surface area (Å²) in [6, 6.07) is 10.1. The second-order valence-corrected chi connectivity index (χ2v) is 9.34. The van der Waals surface area contributed by atoms with Crippen LogP contribution in [0.4, 0.5) is 5.69 Å². The molecule has 2 heterocycles. The SMILES string of the molecule is Cc1nc(-c2ccc3c(c2)[N+](C)(C)C(=O)C(NC(=O)c2ccc(OC(C)C)c(Cl)c2)C3)co1. The summed E-state index contributed by atoms with van der Waals surface area (Å²) in [4.78, 5) is 30.6. The minimum atomic E-state index is -0.662. The molecule has 1 N–H and O–H groups in total. The number of oxazole rings is 1. The Labute approximate surface area is 197 Å². The highest BCUT2D eigenvalue weighted by molar-refractivity contribution is 6.32. The molecule has 4 rings (SSSR count). The third-order valence-electron chi connectivity index (χ3n) is 5.74.